The molecule has 3 aromatic carbocycles. The van der Waals surface area contributed by atoms with Crippen LogP contribution in [0.25, 0.3) is 0 Å². The number of benzene rings is 3. The number of hydrogen-bond donors (Lipinski definition) is 4. The van der Waals surface area contributed by atoms with Crippen LogP contribution in [0.1, 0.15) is 57.2 Å². The number of carbonyl (C=O) groups is 4. The third-order valence-corrected chi connectivity index (χ3v) is 11.4. The van der Waals surface area contributed by atoms with Crippen molar-refractivity contribution >= 4 is 59.0 Å². The minimum absolute atomic E-state index is 0.00927. The van der Waals surface area contributed by atoms with Crippen LogP contribution < -0.4 is 30.5 Å². The molecule has 3 heterocycles. The zero-order valence-electron chi connectivity index (χ0n) is 32.7. The average Bonchev–Trinajstić information content (AvgIpc) is 3.37. The summed E-state index contributed by atoms with van der Waals surface area (Å²) in [5.41, 5.74) is -0.940. The van der Waals surface area contributed by atoms with Crippen molar-refractivity contribution < 1.29 is 37.1 Å². The van der Waals surface area contributed by atoms with Crippen LogP contribution in [-0.2, 0) is 31.8 Å². The zero-order chi connectivity index (χ0) is 41.9. The predicted octanol–water partition coefficient (Wildman–Crippen LogP) is 5.23. The van der Waals surface area contributed by atoms with Gasteiger partial charge in [-0.2, -0.15) is 18.4 Å². The lowest BCUT2D eigenvalue weighted by Crippen LogP contribution is -2.53. The van der Waals surface area contributed by atoms with Crippen LogP contribution in [0, 0.1) is 11.3 Å². The summed E-state index contributed by atoms with van der Waals surface area (Å²) in [6.07, 6.45) is -3.50. The monoisotopic (exact) mass is 820 g/mol. The number of thiol groups is 1. The summed E-state index contributed by atoms with van der Waals surface area (Å²) in [6, 6.07) is 16.6. The summed E-state index contributed by atoms with van der Waals surface area (Å²) in [6.45, 7) is 11.2. The van der Waals surface area contributed by atoms with Crippen LogP contribution in [0.5, 0.6) is 5.75 Å². The van der Waals surface area contributed by atoms with Gasteiger partial charge in [-0.25, -0.2) is 0 Å². The molecule has 3 aliphatic heterocycles. The SMILES string of the molecule is CCc1cc(N2[C@H](S)N(c3ccc(C#N)c(C(F)(F)F)c3)C(=O)C2(C)C)ccc1OCCN1CCN([C@@H](C)C(=O)Nc2cccc(N[C@H]3CCC(=O)NC3=O)c2)CC1. The molecule has 17 heteroatoms. The van der Waals surface area contributed by atoms with Gasteiger partial charge in [0.25, 0.3) is 5.91 Å². The number of aryl methyl sites for hydroxylation is 1. The second-order valence-electron chi connectivity index (χ2n) is 15.1. The molecule has 3 saturated heterocycles. The highest BCUT2D eigenvalue weighted by atomic mass is 32.1. The molecule has 0 bridgehead atoms. The quantitative estimate of drug-likeness (QED) is 0.142. The molecule has 0 spiro atoms. The van der Waals surface area contributed by atoms with Crippen LogP contribution in [0.15, 0.2) is 60.7 Å². The molecule has 3 fully saturated rings. The number of imide groups is 1. The normalized spacial score (nSPS) is 20.7. The molecule has 3 atom stereocenters. The lowest BCUT2D eigenvalue weighted by atomic mass is 10.0. The highest BCUT2D eigenvalue weighted by Crippen LogP contribution is 2.43. The van der Waals surface area contributed by atoms with Crippen molar-refractivity contribution in [3.63, 3.8) is 0 Å². The molecule has 308 valence electrons. The van der Waals surface area contributed by atoms with E-state index in [4.69, 9.17) is 17.4 Å². The Kier molecular flexibility index (Phi) is 12.6. The summed E-state index contributed by atoms with van der Waals surface area (Å²) < 4.78 is 47.6. The van der Waals surface area contributed by atoms with Crippen molar-refractivity contribution in [1.82, 2.24) is 15.1 Å². The average molecular weight is 821 g/mol. The maximum atomic E-state index is 13.8. The zero-order valence-corrected chi connectivity index (χ0v) is 33.6. The number of carbonyl (C=O) groups excluding carboxylic acids is 4. The van der Waals surface area contributed by atoms with Gasteiger partial charge in [0, 0.05) is 61.9 Å². The van der Waals surface area contributed by atoms with Crippen molar-refractivity contribution in [2.45, 2.75) is 76.3 Å². The van der Waals surface area contributed by atoms with Crippen molar-refractivity contribution in [1.29, 1.82) is 5.26 Å². The predicted molar refractivity (Wildman–Crippen MR) is 217 cm³/mol. The van der Waals surface area contributed by atoms with E-state index in [2.05, 4.69) is 25.8 Å². The van der Waals surface area contributed by atoms with Gasteiger partial charge < -0.3 is 20.3 Å². The number of piperidine rings is 1. The molecule has 0 aliphatic carbocycles. The number of nitrogens with zero attached hydrogens (tertiary/aromatic N) is 5. The first-order chi connectivity index (χ1) is 27.5. The first-order valence-electron chi connectivity index (χ1n) is 19.2. The van der Waals surface area contributed by atoms with E-state index in [1.807, 2.05) is 32.0 Å². The molecule has 6 rings (SSSR count). The Hall–Kier alpha value is -5.31. The molecule has 3 aromatic rings. The number of nitrogens with one attached hydrogen (secondary N) is 3. The molecule has 13 nitrogen and oxygen atoms in total. The molecular weight excluding hydrogens is 774 g/mol. The Balaban J connectivity index is 1.01. The molecule has 3 N–H and O–H groups in total. The molecule has 4 amide bonds. The first-order valence-corrected chi connectivity index (χ1v) is 19.7. The fourth-order valence-corrected chi connectivity index (χ4v) is 8.21. The fourth-order valence-electron chi connectivity index (χ4n) is 7.55. The third-order valence-electron chi connectivity index (χ3n) is 10.9. The summed E-state index contributed by atoms with van der Waals surface area (Å²) in [5.74, 6) is -0.550. The number of ether oxygens (including phenoxy) is 1. The van der Waals surface area contributed by atoms with Crippen molar-refractivity contribution in [2.75, 3.05) is 59.8 Å². The third kappa shape index (κ3) is 9.04. The van der Waals surface area contributed by atoms with Gasteiger partial charge in [0.2, 0.25) is 17.7 Å². The van der Waals surface area contributed by atoms with E-state index in [0.29, 0.717) is 61.9 Å². The number of anilines is 4. The molecule has 0 saturated carbocycles. The van der Waals surface area contributed by atoms with Crippen molar-refractivity contribution in [3.05, 3.63) is 77.4 Å². The lowest BCUT2D eigenvalue weighted by Gasteiger charge is -2.37. The maximum Gasteiger partial charge on any atom is 0.417 e. The highest BCUT2D eigenvalue weighted by molar-refractivity contribution is 7.81. The van der Waals surface area contributed by atoms with Crippen LogP contribution in [-0.4, -0.2) is 95.9 Å². The van der Waals surface area contributed by atoms with Crippen molar-refractivity contribution in [3.8, 4) is 11.8 Å². The van der Waals surface area contributed by atoms with Gasteiger partial charge >= 0.3 is 6.18 Å². The van der Waals surface area contributed by atoms with E-state index in [1.54, 1.807) is 49.1 Å². The number of amides is 4. The highest BCUT2D eigenvalue weighted by Gasteiger charge is 2.52. The van der Waals surface area contributed by atoms with E-state index in [1.165, 1.54) is 11.0 Å². The van der Waals surface area contributed by atoms with Gasteiger partial charge in [-0.15, -0.1) is 12.6 Å². The second-order valence-corrected chi connectivity index (χ2v) is 15.5. The molecule has 0 unspecified atom stereocenters. The summed E-state index contributed by atoms with van der Waals surface area (Å²) >= 11 is 4.72. The van der Waals surface area contributed by atoms with Gasteiger partial charge in [-0.3, -0.25) is 39.2 Å². The van der Waals surface area contributed by atoms with E-state index >= 15 is 0 Å². The Labute approximate surface area is 340 Å². The van der Waals surface area contributed by atoms with Crippen LogP contribution in [0.3, 0.4) is 0 Å². The van der Waals surface area contributed by atoms with Gasteiger partial charge in [-0.05, 0) is 93.8 Å². The number of hydrogen-bond acceptors (Lipinski definition) is 11. The maximum absolute atomic E-state index is 13.8. The van der Waals surface area contributed by atoms with Crippen LogP contribution in [0.2, 0.25) is 0 Å². The minimum atomic E-state index is -4.78. The minimum Gasteiger partial charge on any atom is -0.492 e. The molecule has 0 aromatic heterocycles. The Bertz CT molecular complexity index is 2100. The molecule has 3 aliphatic rings. The Morgan fingerprint density at radius 1 is 1.03 bits per heavy atom. The van der Waals surface area contributed by atoms with Gasteiger partial charge in [0.05, 0.1) is 23.2 Å². The fraction of sp³-hybridized carbons (Fsp3) is 0.439. The summed E-state index contributed by atoms with van der Waals surface area (Å²) in [4.78, 5) is 57.9. The van der Waals surface area contributed by atoms with E-state index in [0.717, 1.165) is 30.8 Å². The number of piperazine rings is 1. The molecule has 0 radical (unpaired) electrons. The van der Waals surface area contributed by atoms with Crippen molar-refractivity contribution in [2.24, 2.45) is 0 Å². The topological polar surface area (TPSA) is 150 Å². The van der Waals surface area contributed by atoms with Gasteiger partial charge in [0.15, 0.2) is 5.50 Å². The Morgan fingerprint density at radius 2 is 1.74 bits per heavy atom. The van der Waals surface area contributed by atoms with E-state index < -0.39 is 40.3 Å². The Morgan fingerprint density at radius 3 is 2.41 bits per heavy atom. The van der Waals surface area contributed by atoms with Gasteiger partial charge in [0.1, 0.15) is 23.9 Å². The number of nitriles is 1. The lowest BCUT2D eigenvalue weighted by molar-refractivity contribution is -0.138. The largest absolute Gasteiger partial charge is 0.492 e. The number of alkyl halides is 3. The standard InChI is InChI=1S/C41H47F3N8O5S/c1-5-26-21-31(52-39(58)51(38(56)40(52,3)4)30-10-9-27(24-45)32(23-30)41(42,43)44)11-13-34(26)57-20-19-49-15-17-50(18-16-49)25(2)36(54)47-29-8-6-7-28(22-29)46-33-12-14-35(53)48-37(33)55/h6-11,13,21-23,25,33,39,46,58H,5,12,14-20H2,1-4H3,(H,47,54)(H,48,53,55)/t25-,33-,39+/m0/s1. The number of rotatable bonds is 12. The summed E-state index contributed by atoms with van der Waals surface area (Å²) in [5, 5.41) is 17.7. The first kappa shape index (κ1) is 42.3. The van der Waals surface area contributed by atoms with E-state index in [-0.39, 0.29) is 35.9 Å². The van der Waals surface area contributed by atoms with E-state index in [9.17, 15) is 37.6 Å². The smallest absolute Gasteiger partial charge is 0.417 e. The molecule has 58 heavy (non-hydrogen) atoms. The second kappa shape index (κ2) is 17.3. The van der Waals surface area contributed by atoms with Gasteiger partial charge in [-0.1, -0.05) is 13.0 Å². The van der Waals surface area contributed by atoms with Crippen LogP contribution >= 0.6 is 12.6 Å². The number of halogens is 3. The molecular formula is C41H47F3N8O5S. The van der Waals surface area contributed by atoms with Crippen LogP contribution in [0.4, 0.5) is 35.9 Å². The summed E-state index contributed by atoms with van der Waals surface area (Å²) in [7, 11) is 0.